The number of carbonyl (C=O) groups excluding carboxylic acids is 1. The van der Waals surface area contributed by atoms with Gasteiger partial charge in [0.25, 0.3) is 0 Å². The van der Waals surface area contributed by atoms with Crippen molar-refractivity contribution < 1.29 is 4.79 Å². The Balaban J connectivity index is 1.82. The van der Waals surface area contributed by atoms with E-state index in [9.17, 15) is 4.79 Å². The highest BCUT2D eigenvalue weighted by Gasteiger charge is 2.50. The number of hydrogen-bond acceptors (Lipinski definition) is 2. The van der Waals surface area contributed by atoms with Crippen LogP contribution in [0.25, 0.3) is 0 Å². The quantitative estimate of drug-likeness (QED) is 0.893. The molecule has 1 amide bonds. The molecule has 1 aromatic carbocycles. The molecule has 2 fully saturated rings. The van der Waals surface area contributed by atoms with Crippen LogP contribution in [0.15, 0.2) is 30.3 Å². The minimum atomic E-state index is -0.0110. The van der Waals surface area contributed by atoms with E-state index in [1.165, 1.54) is 24.8 Å². The molecule has 3 heteroatoms. The smallest absolute Gasteiger partial charge is 0.241 e. The average molecular weight is 272 g/mol. The maximum atomic E-state index is 12.6. The second-order valence-electron chi connectivity index (χ2n) is 6.04. The lowest BCUT2D eigenvalue weighted by Crippen LogP contribution is -2.34. The van der Waals surface area contributed by atoms with Crippen molar-refractivity contribution in [2.45, 2.75) is 57.8 Å². The molecule has 3 rings (SSSR count). The van der Waals surface area contributed by atoms with E-state index in [4.69, 9.17) is 0 Å². The van der Waals surface area contributed by atoms with Crippen LogP contribution in [0.4, 0.5) is 0 Å². The standard InChI is InChI=1S/C17H24N2O/c1-3-8-13-11-15(13)19-16(12-9-6-5-7-10-12)18-14(4-2)17(19)20/h5-7,9-10,13-16,18H,3-4,8,11H2,1-2H3. The largest absolute Gasteiger partial charge is 0.318 e. The van der Waals surface area contributed by atoms with Gasteiger partial charge in [-0.25, -0.2) is 0 Å². The lowest BCUT2D eigenvalue weighted by molar-refractivity contribution is -0.130. The Morgan fingerprint density at radius 3 is 2.65 bits per heavy atom. The molecule has 0 radical (unpaired) electrons. The number of hydrogen-bond donors (Lipinski definition) is 1. The van der Waals surface area contributed by atoms with Crippen LogP contribution in [0, 0.1) is 5.92 Å². The van der Waals surface area contributed by atoms with E-state index in [2.05, 4.69) is 48.3 Å². The molecule has 1 aromatic rings. The predicted molar refractivity (Wildman–Crippen MR) is 80.0 cm³/mol. The summed E-state index contributed by atoms with van der Waals surface area (Å²) in [5.41, 5.74) is 1.21. The minimum Gasteiger partial charge on any atom is -0.318 e. The van der Waals surface area contributed by atoms with Gasteiger partial charge >= 0.3 is 0 Å². The Kier molecular flexibility index (Phi) is 3.79. The molecule has 1 aliphatic heterocycles. The van der Waals surface area contributed by atoms with Crippen LogP contribution in [0.3, 0.4) is 0 Å². The van der Waals surface area contributed by atoms with Crippen molar-refractivity contribution in [1.82, 2.24) is 10.2 Å². The third kappa shape index (κ3) is 2.35. The summed E-state index contributed by atoms with van der Waals surface area (Å²) in [7, 11) is 0. The Labute approximate surface area is 121 Å². The first-order valence-corrected chi connectivity index (χ1v) is 7.89. The molecule has 1 N–H and O–H groups in total. The highest BCUT2D eigenvalue weighted by Crippen LogP contribution is 2.44. The first-order chi connectivity index (χ1) is 9.76. The van der Waals surface area contributed by atoms with Crippen LogP contribution < -0.4 is 5.32 Å². The van der Waals surface area contributed by atoms with Gasteiger partial charge in [0.1, 0.15) is 6.17 Å². The minimum absolute atomic E-state index is 0.0110. The number of benzene rings is 1. The zero-order valence-electron chi connectivity index (χ0n) is 12.4. The van der Waals surface area contributed by atoms with Crippen LogP contribution in [0.2, 0.25) is 0 Å². The van der Waals surface area contributed by atoms with Crippen molar-refractivity contribution in [2.75, 3.05) is 0 Å². The number of carbonyl (C=O) groups is 1. The molecule has 20 heavy (non-hydrogen) atoms. The average Bonchev–Trinajstić information content (AvgIpc) is 3.14. The molecule has 1 saturated heterocycles. The number of rotatable bonds is 5. The van der Waals surface area contributed by atoms with Gasteiger partial charge in [-0.3, -0.25) is 10.1 Å². The van der Waals surface area contributed by atoms with Gasteiger partial charge in [0.15, 0.2) is 0 Å². The monoisotopic (exact) mass is 272 g/mol. The summed E-state index contributed by atoms with van der Waals surface area (Å²) in [6.07, 6.45) is 4.57. The Morgan fingerprint density at radius 1 is 1.25 bits per heavy atom. The topological polar surface area (TPSA) is 32.3 Å². The molecular formula is C17H24N2O. The second-order valence-corrected chi connectivity index (χ2v) is 6.04. The van der Waals surface area contributed by atoms with Gasteiger partial charge in [-0.1, -0.05) is 50.6 Å². The van der Waals surface area contributed by atoms with Gasteiger partial charge in [0.2, 0.25) is 5.91 Å². The maximum Gasteiger partial charge on any atom is 0.241 e. The zero-order valence-corrected chi connectivity index (χ0v) is 12.4. The molecule has 1 saturated carbocycles. The molecular weight excluding hydrogens is 248 g/mol. The SMILES string of the molecule is CCCC1CC1N1C(=O)C(CC)NC1c1ccccc1. The molecule has 0 bridgehead atoms. The fourth-order valence-electron chi connectivity index (χ4n) is 3.44. The zero-order chi connectivity index (χ0) is 14.1. The molecule has 0 spiro atoms. The number of nitrogens with one attached hydrogen (secondary N) is 1. The summed E-state index contributed by atoms with van der Waals surface area (Å²) >= 11 is 0. The van der Waals surface area contributed by atoms with Crippen molar-refractivity contribution in [3.05, 3.63) is 35.9 Å². The Bertz CT molecular complexity index is 473. The fourth-order valence-corrected chi connectivity index (χ4v) is 3.44. The Hall–Kier alpha value is -1.35. The third-order valence-corrected chi connectivity index (χ3v) is 4.62. The van der Waals surface area contributed by atoms with E-state index in [1.807, 2.05) is 6.07 Å². The van der Waals surface area contributed by atoms with Crippen LogP contribution in [-0.4, -0.2) is 22.9 Å². The van der Waals surface area contributed by atoms with Crippen LogP contribution in [0.5, 0.6) is 0 Å². The van der Waals surface area contributed by atoms with Gasteiger partial charge in [-0.05, 0) is 30.7 Å². The van der Waals surface area contributed by atoms with Gasteiger partial charge in [-0.15, -0.1) is 0 Å². The first-order valence-electron chi connectivity index (χ1n) is 7.89. The summed E-state index contributed by atoms with van der Waals surface area (Å²) in [5.74, 6) is 1.01. The molecule has 0 aromatic heterocycles. The molecule has 2 aliphatic rings. The summed E-state index contributed by atoms with van der Waals surface area (Å²) in [6.45, 7) is 4.31. The molecule has 4 atom stereocenters. The molecule has 1 aliphatic carbocycles. The van der Waals surface area contributed by atoms with Crippen molar-refractivity contribution in [2.24, 2.45) is 5.92 Å². The van der Waals surface area contributed by atoms with E-state index < -0.39 is 0 Å². The van der Waals surface area contributed by atoms with E-state index >= 15 is 0 Å². The van der Waals surface area contributed by atoms with Crippen molar-refractivity contribution in [3.8, 4) is 0 Å². The predicted octanol–water partition coefficient (Wildman–Crippen LogP) is 3.08. The highest BCUT2D eigenvalue weighted by molar-refractivity contribution is 5.85. The van der Waals surface area contributed by atoms with Crippen LogP contribution in [0.1, 0.15) is 51.3 Å². The lowest BCUT2D eigenvalue weighted by Gasteiger charge is -2.25. The van der Waals surface area contributed by atoms with Crippen LogP contribution >= 0.6 is 0 Å². The molecule has 3 nitrogen and oxygen atoms in total. The van der Waals surface area contributed by atoms with Crippen LogP contribution in [-0.2, 0) is 4.79 Å². The van der Waals surface area contributed by atoms with E-state index in [0.717, 1.165) is 6.42 Å². The van der Waals surface area contributed by atoms with Crippen molar-refractivity contribution in [1.29, 1.82) is 0 Å². The van der Waals surface area contributed by atoms with Gasteiger partial charge in [-0.2, -0.15) is 0 Å². The van der Waals surface area contributed by atoms with E-state index in [-0.39, 0.29) is 12.2 Å². The fraction of sp³-hybridized carbons (Fsp3) is 0.588. The highest BCUT2D eigenvalue weighted by atomic mass is 16.2. The maximum absolute atomic E-state index is 12.6. The van der Waals surface area contributed by atoms with Gasteiger partial charge < -0.3 is 4.90 Å². The lowest BCUT2D eigenvalue weighted by atomic mass is 10.1. The summed E-state index contributed by atoms with van der Waals surface area (Å²) in [5, 5.41) is 3.52. The Morgan fingerprint density at radius 2 is 2.00 bits per heavy atom. The van der Waals surface area contributed by atoms with Gasteiger partial charge in [0.05, 0.1) is 6.04 Å². The number of nitrogens with zero attached hydrogens (tertiary/aromatic N) is 1. The van der Waals surface area contributed by atoms with Crippen molar-refractivity contribution >= 4 is 5.91 Å². The third-order valence-electron chi connectivity index (χ3n) is 4.62. The van der Waals surface area contributed by atoms with E-state index in [1.54, 1.807) is 0 Å². The van der Waals surface area contributed by atoms with Crippen molar-refractivity contribution in [3.63, 3.8) is 0 Å². The number of amides is 1. The summed E-state index contributed by atoms with van der Waals surface area (Å²) < 4.78 is 0. The normalized spacial score (nSPS) is 32.7. The van der Waals surface area contributed by atoms with E-state index in [0.29, 0.717) is 17.9 Å². The summed E-state index contributed by atoms with van der Waals surface area (Å²) in [6, 6.07) is 10.8. The molecule has 1 heterocycles. The first kappa shape index (κ1) is 13.6. The second kappa shape index (κ2) is 5.57. The van der Waals surface area contributed by atoms with Gasteiger partial charge in [0, 0.05) is 6.04 Å². The summed E-state index contributed by atoms with van der Waals surface area (Å²) in [4.78, 5) is 14.7. The molecule has 108 valence electrons. The molecule has 4 unspecified atom stereocenters.